The number of hydrogen-bond acceptors (Lipinski definition) is 4. The highest BCUT2D eigenvalue weighted by atomic mass is 19.1. The Kier molecular flexibility index (Phi) is 7.76. The Morgan fingerprint density at radius 3 is 2.33 bits per heavy atom. The minimum Gasteiger partial charge on any atom is -0.497 e. The largest absolute Gasteiger partial charge is 0.497 e. The van der Waals surface area contributed by atoms with Crippen molar-refractivity contribution in [3.05, 3.63) is 59.9 Å². The van der Waals surface area contributed by atoms with E-state index in [2.05, 4.69) is 10.6 Å². The second kappa shape index (κ2) is 10.3. The summed E-state index contributed by atoms with van der Waals surface area (Å²) in [7, 11) is 1.57. The van der Waals surface area contributed by atoms with E-state index in [0.29, 0.717) is 23.5 Å². The lowest BCUT2D eigenvalue weighted by Crippen LogP contribution is -2.40. The summed E-state index contributed by atoms with van der Waals surface area (Å²) >= 11 is 0. The number of carbonyl (C=O) groups is 2. The molecule has 6 nitrogen and oxygen atoms in total. The first-order valence-corrected chi connectivity index (χ1v) is 8.68. The van der Waals surface area contributed by atoms with Crippen molar-refractivity contribution in [2.75, 3.05) is 32.1 Å². The van der Waals surface area contributed by atoms with Crippen LogP contribution in [0, 0.1) is 5.82 Å². The molecule has 0 bridgehead atoms. The lowest BCUT2D eigenvalue weighted by Gasteiger charge is -2.19. The fourth-order valence-electron chi connectivity index (χ4n) is 2.45. The number of ether oxygens (including phenoxy) is 1. The fourth-order valence-corrected chi connectivity index (χ4v) is 2.45. The summed E-state index contributed by atoms with van der Waals surface area (Å²) in [6.45, 7) is 2.64. The van der Waals surface area contributed by atoms with Crippen molar-refractivity contribution in [3.8, 4) is 5.75 Å². The molecule has 0 aromatic heterocycles. The number of rotatable bonds is 9. The van der Waals surface area contributed by atoms with Gasteiger partial charge in [0.05, 0.1) is 20.2 Å². The predicted octanol–water partition coefficient (Wildman–Crippen LogP) is 2.41. The zero-order valence-corrected chi connectivity index (χ0v) is 15.5. The number of halogens is 1. The second-order valence-electron chi connectivity index (χ2n) is 5.95. The number of methoxy groups -OCH3 is 1. The Labute approximate surface area is 158 Å². The molecular weight excluding hydrogens is 349 g/mol. The average molecular weight is 373 g/mol. The van der Waals surface area contributed by atoms with Crippen LogP contribution in [0.1, 0.15) is 12.5 Å². The minimum absolute atomic E-state index is 0.0565. The third-order valence-corrected chi connectivity index (χ3v) is 3.99. The van der Waals surface area contributed by atoms with Gasteiger partial charge in [-0.3, -0.25) is 14.5 Å². The van der Waals surface area contributed by atoms with Gasteiger partial charge in [-0.15, -0.1) is 0 Å². The molecule has 0 unspecified atom stereocenters. The molecule has 0 fully saturated rings. The summed E-state index contributed by atoms with van der Waals surface area (Å²) in [4.78, 5) is 26.0. The van der Waals surface area contributed by atoms with Crippen LogP contribution in [0.2, 0.25) is 0 Å². The molecule has 2 amide bonds. The number of amides is 2. The number of likely N-dealkylation sites (N-methyl/N-ethyl adjacent to an activating group) is 1. The highest BCUT2D eigenvalue weighted by Crippen LogP contribution is 2.14. The molecule has 2 N–H and O–H groups in total. The number of benzene rings is 2. The van der Waals surface area contributed by atoms with Crippen molar-refractivity contribution in [2.45, 2.75) is 13.5 Å². The summed E-state index contributed by atoms with van der Waals surface area (Å²) in [5.74, 6) is -0.139. The third-order valence-electron chi connectivity index (χ3n) is 3.99. The molecule has 7 heteroatoms. The Morgan fingerprint density at radius 2 is 1.70 bits per heavy atom. The Balaban J connectivity index is 1.80. The Morgan fingerprint density at radius 1 is 1.04 bits per heavy atom. The van der Waals surface area contributed by atoms with Gasteiger partial charge in [0.2, 0.25) is 11.8 Å². The molecule has 0 aliphatic heterocycles. The molecule has 2 rings (SSSR count). The van der Waals surface area contributed by atoms with Gasteiger partial charge in [0.25, 0.3) is 0 Å². The van der Waals surface area contributed by atoms with Crippen LogP contribution in [-0.4, -0.2) is 43.5 Å². The number of nitrogens with one attached hydrogen (secondary N) is 2. The Hall–Kier alpha value is -2.93. The predicted molar refractivity (Wildman–Crippen MR) is 102 cm³/mol. The first kappa shape index (κ1) is 20.4. The lowest BCUT2D eigenvalue weighted by atomic mass is 10.2. The molecule has 0 atom stereocenters. The topological polar surface area (TPSA) is 70.7 Å². The van der Waals surface area contributed by atoms with Crippen molar-refractivity contribution in [1.29, 1.82) is 0 Å². The van der Waals surface area contributed by atoms with E-state index in [1.54, 1.807) is 54.5 Å². The molecule has 0 spiro atoms. The maximum Gasteiger partial charge on any atom is 0.238 e. The van der Waals surface area contributed by atoms with Crippen LogP contribution in [0.3, 0.4) is 0 Å². The maximum atomic E-state index is 13.6. The summed E-state index contributed by atoms with van der Waals surface area (Å²) in [5.41, 5.74) is 1.08. The molecule has 144 valence electrons. The van der Waals surface area contributed by atoms with Gasteiger partial charge in [0, 0.05) is 17.8 Å². The molecule has 2 aromatic carbocycles. The summed E-state index contributed by atoms with van der Waals surface area (Å²) in [5, 5.41) is 5.45. The summed E-state index contributed by atoms with van der Waals surface area (Å²) < 4.78 is 18.6. The van der Waals surface area contributed by atoms with Gasteiger partial charge < -0.3 is 15.4 Å². The van der Waals surface area contributed by atoms with Gasteiger partial charge in [-0.1, -0.05) is 25.1 Å². The molecular formula is C20H24FN3O3. The van der Waals surface area contributed by atoms with Gasteiger partial charge in [0.15, 0.2) is 0 Å². The number of carbonyl (C=O) groups excluding carboxylic acids is 2. The molecule has 27 heavy (non-hydrogen) atoms. The Bertz CT molecular complexity index is 765. The van der Waals surface area contributed by atoms with Crippen molar-refractivity contribution < 1.29 is 18.7 Å². The number of hydrogen-bond donors (Lipinski definition) is 2. The standard InChI is InChI=1S/C20H24FN3O3/c1-3-24(13-19(25)22-12-15-6-4-5-7-18(15)21)14-20(26)23-16-8-10-17(27-2)11-9-16/h4-11H,3,12-14H2,1-2H3,(H,22,25)(H,23,26). The van der Waals surface area contributed by atoms with Gasteiger partial charge in [-0.2, -0.15) is 0 Å². The molecule has 0 aliphatic carbocycles. The number of anilines is 1. The van der Waals surface area contributed by atoms with Crippen molar-refractivity contribution >= 4 is 17.5 Å². The van der Waals surface area contributed by atoms with E-state index in [4.69, 9.17) is 4.74 Å². The van der Waals surface area contributed by atoms with E-state index in [1.165, 1.54) is 6.07 Å². The van der Waals surface area contributed by atoms with Crippen LogP contribution in [0.15, 0.2) is 48.5 Å². The smallest absolute Gasteiger partial charge is 0.238 e. The SMILES string of the molecule is CCN(CC(=O)NCc1ccccc1F)CC(=O)Nc1ccc(OC)cc1. The normalized spacial score (nSPS) is 10.5. The van der Waals surface area contributed by atoms with Crippen LogP contribution in [-0.2, 0) is 16.1 Å². The van der Waals surface area contributed by atoms with Gasteiger partial charge >= 0.3 is 0 Å². The molecule has 0 saturated carbocycles. The molecule has 2 aromatic rings. The lowest BCUT2D eigenvalue weighted by molar-refractivity contribution is -0.123. The van der Waals surface area contributed by atoms with Crippen molar-refractivity contribution in [1.82, 2.24) is 10.2 Å². The van der Waals surface area contributed by atoms with Crippen LogP contribution < -0.4 is 15.4 Å². The van der Waals surface area contributed by atoms with E-state index in [9.17, 15) is 14.0 Å². The molecule has 0 aliphatic rings. The zero-order chi connectivity index (χ0) is 19.6. The van der Waals surface area contributed by atoms with E-state index >= 15 is 0 Å². The summed E-state index contributed by atoms with van der Waals surface area (Å²) in [6, 6.07) is 13.3. The van der Waals surface area contributed by atoms with Crippen molar-refractivity contribution in [2.24, 2.45) is 0 Å². The first-order chi connectivity index (χ1) is 13.0. The molecule has 0 heterocycles. The van der Waals surface area contributed by atoms with Gasteiger partial charge in [-0.25, -0.2) is 4.39 Å². The second-order valence-corrected chi connectivity index (χ2v) is 5.95. The monoisotopic (exact) mass is 373 g/mol. The van der Waals surface area contributed by atoms with Crippen LogP contribution >= 0.6 is 0 Å². The first-order valence-electron chi connectivity index (χ1n) is 8.68. The highest BCUT2D eigenvalue weighted by molar-refractivity contribution is 5.92. The quantitative estimate of drug-likeness (QED) is 0.708. The third kappa shape index (κ3) is 6.71. The van der Waals surface area contributed by atoms with Crippen LogP contribution in [0.25, 0.3) is 0 Å². The number of nitrogens with zero attached hydrogens (tertiary/aromatic N) is 1. The molecule has 0 saturated heterocycles. The van der Waals surface area contributed by atoms with Crippen LogP contribution in [0.4, 0.5) is 10.1 Å². The van der Waals surface area contributed by atoms with Crippen molar-refractivity contribution in [3.63, 3.8) is 0 Å². The molecule has 0 radical (unpaired) electrons. The van der Waals surface area contributed by atoms with E-state index < -0.39 is 0 Å². The maximum absolute atomic E-state index is 13.6. The zero-order valence-electron chi connectivity index (χ0n) is 15.5. The van der Waals surface area contributed by atoms with E-state index in [0.717, 1.165) is 0 Å². The van der Waals surface area contributed by atoms with Gasteiger partial charge in [-0.05, 0) is 36.9 Å². The minimum atomic E-state index is -0.357. The highest BCUT2D eigenvalue weighted by Gasteiger charge is 2.13. The van der Waals surface area contributed by atoms with E-state index in [-0.39, 0.29) is 37.3 Å². The average Bonchev–Trinajstić information content (AvgIpc) is 2.67. The van der Waals surface area contributed by atoms with E-state index in [1.807, 2.05) is 6.92 Å². The summed E-state index contributed by atoms with van der Waals surface area (Å²) in [6.07, 6.45) is 0. The van der Waals surface area contributed by atoms with Gasteiger partial charge in [0.1, 0.15) is 11.6 Å². The van der Waals surface area contributed by atoms with Crippen LogP contribution in [0.5, 0.6) is 5.75 Å². The fraction of sp³-hybridized carbons (Fsp3) is 0.300.